The molecule has 0 saturated carbocycles. The predicted octanol–water partition coefficient (Wildman–Crippen LogP) is 2.42. The number of benzene rings is 1. The van der Waals surface area contributed by atoms with Crippen LogP contribution in [-0.2, 0) is 6.42 Å². The number of nitrogens with one attached hydrogen (secondary N) is 1. The van der Waals surface area contributed by atoms with Crippen LogP contribution in [0.2, 0.25) is 0 Å². The number of fused-ring (bicyclic) bond motifs is 1. The zero-order chi connectivity index (χ0) is 17.1. The Balaban J connectivity index is 1.59. The van der Waals surface area contributed by atoms with Crippen LogP contribution in [-0.4, -0.2) is 53.4 Å². The van der Waals surface area contributed by atoms with E-state index in [1.54, 1.807) is 0 Å². The molecule has 1 saturated heterocycles. The number of ether oxygens (including phenoxy) is 1. The summed E-state index contributed by atoms with van der Waals surface area (Å²) in [6.07, 6.45) is 0.649. The predicted molar refractivity (Wildman–Crippen MR) is 89.6 cm³/mol. The smallest absolute Gasteiger partial charge is 0.407 e. The van der Waals surface area contributed by atoms with Gasteiger partial charge >= 0.3 is 6.09 Å². The minimum atomic E-state index is -0.860. The SMILES string of the molecule is CCc1nc2ccc(OCC[C@@H]3CN(C(=O)O)CCN3)c(C)c2o1. The molecule has 2 aromatic rings. The van der Waals surface area contributed by atoms with Crippen molar-refractivity contribution in [3.05, 3.63) is 23.6 Å². The Kier molecular flexibility index (Phi) is 4.89. The molecule has 0 bridgehead atoms. The van der Waals surface area contributed by atoms with E-state index in [2.05, 4.69) is 10.3 Å². The second-order valence-electron chi connectivity index (χ2n) is 6.01. The molecule has 0 unspecified atom stereocenters. The molecule has 1 amide bonds. The Morgan fingerprint density at radius 1 is 1.54 bits per heavy atom. The van der Waals surface area contributed by atoms with E-state index in [1.807, 2.05) is 26.0 Å². The molecule has 24 heavy (non-hydrogen) atoms. The summed E-state index contributed by atoms with van der Waals surface area (Å²) in [6.45, 7) is 6.21. The fourth-order valence-corrected chi connectivity index (χ4v) is 2.96. The molecule has 1 fully saturated rings. The van der Waals surface area contributed by atoms with Gasteiger partial charge in [0.05, 0.1) is 6.61 Å². The van der Waals surface area contributed by atoms with Crippen molar-refractivity contribution < 1.29 is 19.1 Å². The van der Waals surface area contributed by atoms with Crippen molar-refractivity contribution >= 4 is 17.2 Å². The van der Waals surface area contributed by atoms with Crippen LogP contribution in [0, 0.1) is 6.92 Å². The van der Waals surface area contributed by atoms with Crippen molar-refractivity contribution in [2.45, 2.75) is 32.7 Å². The Labute approximate surface area is 140 Å². The number of rotatable bonds is 5. The van der Waals surface area contributed by atoms with Crippen LogP contribution in [0.15, 0.2) is 16.5 Å². The molecule has 2 N–H and O–H groups in total. The summed E-state index contributed by atoms with van der Waals surface area (Å²) in [6, 6.07) is 3.94. The number of aryl methyl sites for hydroxylation is 2. The highest BCUT2D eigenvalue weighted by molar-refractivity contribution is 5.78. The highest BCUT2D eigenvalue weighted by Gasteiger charge is 2.22. The van der Waals surface area contributed by atoms with Crippen LogP contribution in [0.3, 0.4) is 0 Å². The molecule has 1 aromatic heterocycles. The van der Waals surface area contributed by atoms with Gasteiger partial charge in [-0.3, -0.25) is 0 Å². The van der Waals surface area contributed by atoms with Crippen molar-refractivity contribution in [2.24, 2.45) is 0 Å². The zero-order valence-electron chi connectivity index (χ0n) is 14.0. The summed E-state index contributed by atoms with van der Waals surface area (Å²) >= 11 is 0. The van der Waals surface area contributed by atoms with Crippen LogP contribution in [0.5, 0.6) is 5.75 Å². The molecule has 130 valence electrons. The van der Waals surface area contributed by atoms with Crippen molar-refractivity contribution in [1.82, 2.24) is 15.2 Å². The van der Waals surface area contributed by atoms with Gasteiger partial charge in [-0.1, -0.05) is 6.92 Å². The van der Waals surface area contributed by atoms with Crippen LogP contribution in [0.25, 0.3) is 11.1 Å². The third kappa shape index (κ3) is 3.46. The number of nitrogens with zero attached hydrogens (tertiary/aromatic N) is 2. The normalized spacial score (nSPS) is 18.1. The lowest BCUT2D eigenvalue weighted by atomic mass is 10.1. The monoisotopic (exact) mass is 333 g/mol. The van der Waals surface area contributed by atoms with E-state index in [0.717, 1.165) is 41.1 Å². The molecule has 1 aliphatic heterocycles. The van der Waals surface area contributed by atoms with Gasteiger partial charge < -0.3 is 24.5 Å². The van der Waals surface area contributed by atoms with Crippen LogP contribution < -0.4 is 10.1 Å². The number of amides is 1. The first-order valence-corrected chi connectivity index (χ1v) is 8.31. The number of piperazine rings is 1. The molecule has 2 heterocycles. The molecule has 7 heteroatoms. The molecule has 0 radical (unpaired) electrons. The Morgan fingerprint density at radius 2 is 2.38 bits per heavy atom. The second kappa shape index (κ2) is 7.09. The number of carbonyl (C=O) groups is 1. The molecular formula is C17H23N3O4. The lowest BCUT2D eigenvalue weighted by Crippen LogP contribution is -2.52. The van der Waals surface area contributed by atoms with Crippen LogP contribution >= 0.6 is 0 Å². The summed E-state index contributed by atoms with van der Waals surface area (Å²) in [5.74, 6) is 1.51. The van der Waals surface area contributed by atoms with Crippen LogP contribution in [0.4, 0.5) is 4.79 Å². The second-order valence-corrected chi connectivity index (χ2v) is 6.01. The molecular weight excluding hydrogens is 310 g/mol. The average molecular weight is 333 g/mol. The van der Waals surface area contributed by atoms with E-state index >= 15 is 0 Å². The van der Waals surface area contributed by atoms with Crippen molar-refractivity contribution in [3.8, 4) is 5.75 Å². The summed E-state index contributed by atoms with van der Waals surface area (Å²) in [5, 5.41) is 12.4. The van der Waals surface area contributed by atoms with Gasteiger partial charge in [-0.05, 0) is 25.5 Å². The number of hydrogen-bond acceptors (Lipinski definition) is 5. The van der Waals surface area contributed by atoms with E-state index in [1.165, 1.54) is 4.90 Å². The standard InChI is InChI=1S/C17H23N3O4/c1-3-15-19-13-4-5-14(11(2)16(13)24-15)23-9-6-12-10-20(17(21)22)8-7-18-12/h4-5,12,18H,3,6-10H2,1-2H3,(H,21,22)/t12-/m1/s1. The average Bonchev–Trinajstić information content (AvgIpc) is 3.01. The Hall–Kier alpha value is -2.28. The minimum absolute atomic E-state index is 0.121. The van der Waals surface area contributed by atoms with Gasteiger partial charge in [-0.2, -0.15) is 0 Å². The van der Waals surface area contributed by atoms with Gasteiger partial charge in [0.15, 0.2) is 11.5 Å². The number of hydrogen-bond donors (Lipinski definition) is 2. The van der Waals surface area contributed by atoms with Crippen LogP contribution in [0.1, 0.15) is 24.8 Å². The first kappa shape index (κ1) is 16.6. The van der Waals surface area contributed by atoms with Crippen molar-refractivity contribution in [2.75, 3.05) is 26.2 Å². The van der Waals surface area contributed by atoms with Gasteiger partial charge in [0.1, 0.15) is 11.3 Å². The molecule has 1 aromatic carbocycles. The van der Waals surface area contributed by atoms with Gasteiger partial charge in [-0.25, -0.2) is 9.78 Å². The topological polar surface area (TPSA) is 87.8 Å². The Bertz CT molecular complexity index is 728. The molecule has 3 rings (SSSR count). The highest BCUT2D eigenvalue weighted by atomic mass is 16.5. The zero-order valence-corrected chi connectivity index (χ0v) is 14.0. The maximum Gasteiger partial charge on any atom is 0.407 e. The van der Waals surface area contributed by atoms with E-state index < -0.39 is 6.09 Å². The molecule has 0 aliphatic carbocycles. The third-order valence-electron chi connectivity index (χ3n) is 4.35. The number of aromatic nitrogens is 1. The van der Waals surface area contributed by atoms with Gasteiger partial charge in [0.25, 0.3) is 0 Å². The van der Waals surface area contributed by atoms with E-state index in [4.69, 9.17) is 14.3 Å². The maximum absolute atomic E-state index is 11.0. The molecule has 1 atom stereocenters. The van der Waals surface area contributed by atoms with Gasteiger partial charge in [0, 0.05) is 37.7 Å². The summed E-state index contributed by atoms with van der Waals surface area (Å²) in [7, 11) is 0. The van der Waals surface area contributed by atoms with Crippen molar-refractivity contribution in [3.63, 3.8) is 0 Å². The van der Waals surface area contributed by atoms with Gasteiger partial charge in [0.2, 0.25) is 0 Å². The summed E-state index contributed by atoms with van der Waals surface area (Å²) in [5.41, 5.74) is 2.57. The fraction of sp³-hybridized carbons (Fsp3) is 0.529. The number of oxazole rings is 1. The van der Waals surface area contributed by atoms with E-state index in [0.29, 0.717) is 26.2 Å². The fourth-order valence-electron chi connectivity index (χ4n) is 2.96. The quantitative estimate of drug-likeness (QED) is 0.874. The lowest BCUT2D eigenvalue weighted by Gasteiger charge is -2.31. The first-order chi connectivity index (χ1) is 11.6. The Morgan fingerprint density at radius 3 is 3.12 bits per heavy atom. The molecule has 1 aliphatic rings. The molecule has 0 spiro atoms. The highest BCUT2D eigenvalue weighted by Crippen LogP contribution is 2.28. The summed E-state index contributed by atoms with van der Waals surface area (Å²) < 4.78 is 11.6. The molecule has 7 nitrogen and oxygen atoms in total. The number of carboxylic acid groups (broad SMARTS) is 1. The largest absolute Gasteiger partial charge is 0.493 e. The third-order valence-corrected chi connectivity index (χ3v) is 4.35. The minimum Gasteiger partial charge on any atom is -0.493 e. The van der Waals surface area contributed by atoms with Gasteiger partial charge in [-0.15, -0.1) is 0 Å². The van der Waals surface area contributed by atoms with Crippen molar-refractivity contribution in [1.29, 1.82) is 0 Å². The van der Waals surface area contributed by atoms with E-state index in [-0.39, 0.29) is 6.04 Å². The lowest BCUT2D eigenvalue weighted by molar-refractivity contribution is 0.124. The maximum atomic E-state index is 11.0. The summed E-state index contributed by atoms with van der Waals surface area (Å²) in [4.78, 5) is 16.9. The first-order valence-electron chi connectivity index (χ1n) is 8.31. The van der Waals surface area contributed by atoms with E-state index in [9.17, 15) is 4.79 Å².